The first-order valence-corrected chi connectivity index (χ1v) is 9.44. The van der Waals surface area contributed by atoms with Crippen molar-refractivity contribution in [2.75, 3.05) is 27.9 Å². The summed E-state index contributed by atoms with van der Waals surface area (Å²) in [5, 5.41) is 0. The summed E-state index contributed by atoms with van der Waals surface area (Å²) in [6.07, 6.45) is 0. The van der Waals surface area contributed by atoms with E-state index in [2.05, 4.69) is 4.72 Å². The summed E-state index contributed by atoms with van der Waals surface area (Å²) in [6.45, 7) is 2.43. The number of methoxy groups -OCH3 is 3. The normalized spacial score (nSPS) is 11.1. The van der Waals surface area contributed by atoms with Gasteiger partial charge in [0.1, 0.15) is 16.4 Å². The van der Waals surface area contributed by atoms with Crippen LogP contribution in [0.3, 0.4) is 0 Å². The third kappa shape index (κ3) is 4.59. The maximum atomic E-state index is 12.7. The zero-order chi connectivity index (χ0) is 19.2. The second kappa shape index (κ2) is 8.77. The molecule has 8 heteroatoms. The molecular weight excluding hydrogens is 358 g/mol. The van der Waals surface area contributed by atoms with Crippen LogP contribution in [0, 0.1) is 0 Å². The van der Waals surface area contributed by atoms with Crippen molar-refractivity contribution in [3.05, 3.63) is 42.0 Å². The van der Waals surface area contributed by atoms with Crippen molar-refractivity contribution < 1.29 is 27.4 Å². The van der Waals surface area contributed by atoms with Crippen molar-refractivity contribution in [1.82, 2.24) is 4.72 Å². The molecule has 0 unspecified atom stereocenters. The van der Waals surface area contributed by atoms with E-state index in [1.807, 2.05) is 6.92 Å². The molecule has 142 valence electrons. The van der Waals surface area contributed by atoms with Gasteiger partial charge in [-0.2, -0.15) is 0 Å². The summed E-state index contributed by atoms with van der Waals surface area (Å²) in [6, 6.07) is 9.85. The number of hydrogen-bond donors (Lipinski definition) is 1. The van der Waals surface area contributed by atoms with Gasteiger partial charge in [0.2, 0.25) is 10.0 Å². The van der Waals surface area contributed by atoms with Crippen molar-refractivity contribution in [3.8, 4) is 23.0 Å². The molecule has 0 heterocycles. The Kier molecular flexibility index (Phi) is 6.70. The van der Waals surface area contributed by atoms with Crippen LogP contribution in [-0.4, -0.2) is 36.4 Å². The molecule has 0 aliphatic rings. The van der Waals surface area contributed by atoms with Gasteiger partial charge in [0, 0.05) is 12.6 Å². The molecule has 0 aliphatic heterocycles. The van der Waals surface area contributed by atoms with Crippen molar-refractivity contribution >= 4 is 10.0 Å². The Morgan fingerprint density at radius 3 is 2.19 bits per heavy atom. The molecule has 0 aliphatic carbocycles. The van der Waals surface area contributed by atoms with Crippen LogP contribution >= 0.6 is 0 Å². The SMILES string of the molecule is CCOc1cc(CNS(=O)(=O)c2cc(OC)ccc2OC)ccc1OC. The minimum Gasteiger partial charge on any atom is -0.497 e. The molecule has 0 radical (unpaired) electrons. The van der Waals surface area contributed by atoms with Gasteiger partial charge in [-0.15, -0.1) is 0 Å². The highest BCUT2D eigenvalue weighted by atomic mass is 32.2. The van der Waals surface area contributed by atoms with Crippen LogP contribution in [0.4, 0.5) is 0 Å². The molecule has 1 N–H and O–H groups in total. The summed E-state index contributed by atoms with van der Waals surface area (Å²) < 4.78 is 48.9. The maximum Gasteiger partial charge on any atom is 0.244 e. The molecule has 0 fully saturated rings. The first-order valence-electron chi connectivity index (χ1n) is 7.96. The Morgan fingerprint density at radius 1 is 0.885 bits per heavy atom. The van der Waals surface area contributed by atoms with Gasteiger partial charge in [-0.3, -0.25) is 0 Å². The Bertz CT molecular complexity index is 851. The highest BCUT2D eigenvalue weighted by molar-refractivity contribution is 7.89. The molecule has 0 saturated heterocycles. The minimum atomic E-state index is -3.80. The second-order valence-corrected chi connectivity index (χ2v) is 6.99. The monoisotopic (exact) mass is 381 g/mol. The average molecular weight is 381 g/mol. The predicted molar refractivity (Wildman–Crippen MR) is 97.7 cm³/mol. The van der Waals surface area contributed by atoms with Crippen LogP contribution in [0.5, 0.6) is 23.0 Å². The zero-order valence-electron chi connectivity index (χ0n) is 15.2. The van der Waals surface area contributed by atoms with Crippen LogP contribution in [0.2, 0.25) is 0 Å². The summed E-state index contributed by atoms with van der Waals surface area (Å²) in [7, 11) is 0.635. The summed E-state index contributed by atoms with van der Waals surface area (Å²) in [5.41, 5.74) is 0.736. The topological polar surface area (TPSA) is 83.1 Å². The number of benzene rings is 2. The van der Waals surface area contributed by atoms with E-state index in [4.69, 9.17) is 18.9 Å². The van der Waals surface area contributed by atoms with E-state index in [0.717, 1.165) is 5.56 Å². The van der Waals surface area contributed by atoms with Crippen LogP contribution in [-0.2, 0) is 16.6 Å². The summed E-state index contributed by atoms with van der Waals surface area (Å²) in [5.74, 6) is 1.82. The Labute approximate surface area is 153 Å². The van der Waals surface area contributed by atoms with Gasteiger partial charge in [-0.25, -0.2) is 13.1 Å². The molecule has 0 atom stereocenters. The zero-order valence-corrected chi connectivity index (χ0v) is 16.1. The molecule has 2 aromatic rings. The summed E-state index contributed by atoms with van der Waals surface area (Å²) in [4.78, 5) is 0.0119. The molecule has 0 spiro atoms. The Hall–Kier alpha value is -2.45. The molecule has 0 saturated carbocycles. The van der Waals surface area contributed by atoms with Crippen LogP contribution in [0.25, 0.3) is 0 Å². The van der Waals surface area contributed by atoms with E-state index >= 15 is 0 Å². The molecule has 2 rings (SSSR count). The number of ether oxygens (including phenoxy) is 4. The fourth-order valence-electron chi connectivity index (χ4n) is 2.35. The van der Waals surface area contributed by atoms with E-state index in [9.17, 15) is 8.42 Å². The predicted octanol–water partition coefficient (Wildman–Crippen LogP) is 2.59. The molecule has 7 nitrogen and oxygen atoms in total. The first kappa shape index (κ1) is 19.9. The van der Waals surface area contributed by atoms with E-state index in [1.54, 1.807) is 37.4 Å². The molecule has 0 aromatic heterocycles. The quantitative estimate of drug-likeness (QED) is 0.719. The van der Waals surface area contributed by atoms with Gasteiger partial charge in [0.15, 0.2) is 11.5 Å². The highest BCUT2D eigenvalue weighted by Crippen LogP contribution is 2.30. The lowest BCUT2D eigenvalue weighted by Gasteiger charge is -2.13. The Morgan fingerprint density at radius 2 is 1.58 bits per heavy atom. The number of nitrogens with one attached hydrogen (secondary N) is 1. The smallest absolute Gasteiger partial charge is 0.244 e. The standard InChI is InChI=1S/C18H23NO6S/c1-5-25-17-10-13(6-8-15(17)23-3)12-19-26(20,21)18-11-14(22-2)7-9-16(18)24-4/h6-11,19H,5,12H2,1-4H3. The van der Waals surface area contributed by atoms with Crippen molar-refractivity contribution in [3.63, 3.8) is 0 Å². The van der Waals surface area contributed by atoms with Gasteiger partial charge in [-0.05, 0) is 36.8 Å². The minimum absolute atomic E-state index is 0.0119. The lowest BCUT2D eigenvalue weighted by molar-refractivity contribution is 0.310. The molecule has 0 amide bonds. The fourth-order valence-corrected chi connectivity index (χ4v) is 3.55. The van der Waals surface area contributed by atoms with Gasteiger partial charge >= 0.3 is 0 Å². The van der Waals surface area contributed by atoms with Crippen LogP contribution in [0.15, 0.2) is 41.3 Å². The van der Waals surface area contributed by atoms with Crippen molar-refractivity contribution in [1.29, 1.82) is 0 Å². The fraction of sp³-hybridized carbons (Fsp3) is 0.333. The number of rotatable bonds is 9. The van der Waals surface area contributed by atoms with Gasteiger partial charge in [0.25, 0.3) is 0 Å². The van der Waals surface area contributed by atoms with E-state index in [0.29, 0.717) is 23.9 Å². The largest absolute Gasteiger partial charge is 0.497 e. The van der Waals surface area contributed by atoms with E-state index in [-0.39, 0.29) is 17.2 Å². The molecule has 26 heavy (non-hydrogen) atoms. The lowest BCUT2D eigenvalue weighted by atomic mass is 10.2. The third-order valence-corrected chi connectivity index (χ3v) is 5.08. The number of sulfonamides is 1. The highest BCUT2D eigenvalue weighted by Gasteiger charge is 2.20. The maximum absolute atomic E-state index is 12.7. The van der Waals surface area contributed by atoms with Gasteiger partial charge in [0.05, 0.1) is 27.9 Å². The van der Waals surface area contributed by atoms with E-state index in [1.165, 1.54) is 20.3 Å². The van der Waals surface area contributed by atoms with Crippen LogP contribution < -0.4 is 23.7 Å². The summed E-state index contributed by atoms with van der Waals surface area (Å²) >= 11 is 0. The second-order valence-electron chi connectivity index (χ2n) is 5.26. The van der Waals surface area contributed by atoms with Crippen LogP contribution in [0.1, 0.15) is 12.5 Å². The number of hydrogen-bond acceptors (Lipinski definition) is 6. The van der Waals surface area contributed by atoms with Crippen molar-refractivity contribution in [2.24, 2.45) is 0 Å². The Balaban J connectivity index is 2.24. The van der Waals surface area contributed by atoms with Gasteiger partial charge in [-0.1, -0.05) is 6.07 Å². The third-order valence-electron chi connectivity index (χ3n) is 3.65. The van der Waals surface area contributed by atoms with E-state index < -0.39 is 10.0 Å². The first-order chi connectivity index (χ1) is 12.4. The van der Waals surface area contributed by atoms with Gasteiger partial charge < -0.3 is 18.9 Å². The molecule has 2 aromatic carbocycles. The van der Waals surface area contributed by atoms with Crippen molar-refractivity contribution in [2.45, 2.75) is 18.4 Å². The average Bonchev–Trinajstić information content (AvgIpc) is 2.66. The lowest BCUT2D eigenvalue weighted by Crippen LogP contribution is -2.23. The molecule has 0 bridgehead atoms. The molecular formula is C18H23NO6S.